The van der Waals surface area contributed by atoms with Crippen LogP contribution in [-0.2, 0) is 4.79 Å². The zero-order chi connectivity index (χ0) is 14.4. The SMILES string of the molecule is CN(CCCC(=O)Nc1ccccc1C#N)C1CCC1. The first-order valence-corrected chi connectivity index (χ1v) is 7.20. The third-order valence-corrected chi connectivity index (χ3v) is 3.93. The third kappa shape index (κ3) is 3.82. The molecule has 1 aromatic rings. The van der Waals surface area contributed by atoms with Crippen LogP contribution in [0, 0.1) is 11.3 Å². The topological polar surface area (TPSA) is 56.1 Å². The van der Waals surface area contributed by atoms with Crippen molar-refractivity contribution in [2.75, 3.05) is 18.9 Å². The molecule has 1 N–H and O–H groups in total. The summed E-state index contributed by atoms with van der Waals surface area (Å²) >= 11 is 0. The first-order valence-electron chi connectivity index (χ1n) is 7.20. The fourth-order valence-electron chi connectivity index (χ4n) is 2.40. The van der Waals surface area contributed by atoms with Crippen molar-refractivity contribution in [1.82, 2.24) is 4.90 Å². The third-order valence-electron chi connectivity index (χ3n) is 3.93. The maximum Gasteiger partial charge on any atom is 0.224 e. The van der Waals surface area contributed by atoms with E-state index in [-0.39, 0.29) is 5.91 Å². The lowest BCUT2D eigenvalue weighted by Crippen LogP contribution is -2.37. The fraction of sp³-hybridized carbons (Fsp3) is 0.500. The van der Waals surface area contributed by atoms with Crippen molar-refractivity contribution < 1.29 is 4.79 Å². The predicted molar refractivity (Wildman–Crippen MR) is 79.3 cm³/mol. The number of para-hydroxylation sites is 1. The molecule has 1 fully saturated rings. The maximum absolute atomic E-state index is 11.9. The molecule has 0 aliphatic heterocycles. The molecule has 1 aliphatic rings. The van der Waals surface area contributed by atoms with Crippen molar-refractivity contribution in [1.29, 1.82) is 5.26 Å². The fourth-order valence-corrected chi connectivity index (χ4v) is 2.40. The molecule has 0 aromatic heterocycles. The molecule has 2 rings (SSSR count). The van der Waals surface area contributed by atoms with Gasteiger partial charge in [0.1, 0.15) is 6.07 Å². The predicted octanol–water partition coefficient (Wildman–Crippen LogP) is 2.76. The minimum absolute atomic E-state index is 0.0188. The molecule has 0 heterocycles. The molecule has 1 saturated carbocycles. The molecule has 0 atom stereocenters. The van der Waals surface area contributed by atoms with Crippen LogP contribution in [0.25, 0.3) is 0 Å². The summed E-state index contributed by atoms with van der Waals surface area (Å²) in [7, 11) is 2.13. The Balaban J connectivity index is 1.73. The van der Waals surface area contributed by atoms with Crippen LogP contribution < -0.4 is 5.32 Å². The van der Waals surface area contributed by atoms with Gasteiger partial charge in [-0.1, -0.05) is 18.6 Å². The van der Waals surface area contributed by atoms with E-state index >= 15 is 0 Å². The summed E-state index contributed by atoms with van der Waals surface area (Å²) in [5.41, 5.74) is 1.11. The van der Waals surface area contributed by atoms with Gasteiger partial charge in [-0.25, -0.2) is 0 Å². The minimum atomic E-state index is -0.0188. The van der Waals surface area contributed by atoms with E-state index in [0.717, 1.165) is 19.0 Å². The molecular formula is C16H21N3O. The van der Waals surface area contributed by atoms with Crippen LogP contribution in [0.4, 0.5) is 5.69 Å². The Morgan fingerprint density at radius 1 is 1.45 bits per heavy atom. The Bertz CT molecular complexity index is 503. The number of nitriles is 1. The van der Waals surface area contributed by atoms with Crippen molar-refractivity contribution in [2.45, 2.75) is 38.1 Å². The van der Waals surface area contributed by atoms with Crippen molar-refractivity contribution in [3.05, 3.63) is 29.8 Å². The average molecular weight is 271 g/mol. The molecule has 1 aromatic carbocycles. The summed E-state index contributed by atoms with van der Waals surface area (Å²) in [5, 5.41) is 11.8. The number of nitrogens with one attached hydrogen (secondary N) is 1. The number of hydrogen-bond donors (Lipinski definition) is 1. The van der Waals surface area contributed by atoms with E-state index in [9.17, 15) is 4.79 Å². The highest BCUT2D eigenvalue weighted by molar-refractivity contribution is 5.92. The van der Waals surface area contributed by atoms with Gasteiger partial charge >= 0.3 is 0 Å². The highest BCUT2D eigenvalue weighted by Crippen LogP contribution is 2.23. The van der Waals surface area contributed by atoms with E-state index in [1.54, 1.807) is 18.2 Å². The molecule has 1 amide bonds. The van der Waals surface area contributed by atoms with E-state index < -0.39 is 0 Å². The Hall–Kier alpha value is -1.86. The van der Waals surface area contributed by atoms with Gasteiger partial charge in [0, 0.05) is 12.5 Å². The van der Waals surface area contributed by atoms with Gasteiger partial charge < -0.3 is 10.2 Å². The minimum Gasteiger partial charge on any atom is -0.325 e. The lowest BCUT2D eigenvalue weighted by Gasteiger charge is -2.34. The van der Waals surface area contributed by atoms with Crippen LogP contribution in [0.3, 0.4) is 0 Å². The molecule has 1 aliphatic carbocycles. The first kappa shape index (κ1) is 14.5. The number of carbonyl (C=O) groups excluding carboxylic acids is 1. The number of nitrogens with zero attached hydrogens (tertiary/aromatic N) is 2. The van der Waals surface area contributed by atoms with Gasteiger partial charge in [-0.2, -0.15) is 5.26 Å². The lowest BCUT2D eigenvalue weighted by molar-refractivity contribution is -0.116. The Morgan fingerprint density at radius 3 is 2.85 bits per heavy atom. The van der Waals surface area contributed by atoms with Gasteiger partial charge in [0.05, 0.1) is 11.3 Å². The molecule has 106 valence electrons. The zero-order valence-corrected chi connectivity index (χ0v) is 11.9. The quantitative estimate of drug-likeness (QED) is 0.865. The summed E-state index contributed by atoms with van der Waals surface area (Å²) < 4.78 is 0. The van der Waals surface area contributed by atoms with Gasteiger partial charge in [-0.05, 0) is 45.0 Å². The average Bonchev–Trinajstić information content (AvgIpc) is 2.37. The van der Waals surface area contributed by atoms with Crippen molar-refractivity contribution in [3.8, 4) is 6.07 Å². The highest BCUT2D eigenvalue weighted by atomic mass is 16.1. The molecule has 0 bridgehead atoms. The van der Waals surface area contributed by atoms with Crippen LogP contribution >= 0.6 is 0 Å². The molecule has 0 unspecified atom stereocenters. The molecule has 4 nitrogen and oxygen atoms in total. The molecule has 4 heteroatoms. The zero-order valence-electron chi connectivity index (χ0n) is 11.9. The summed E-state index contributed by atoms with van der Waals surface area (Å²) in [6.07, 6.45) is 5.27. The molecule has 0 saturated heterocycles. The molecule has 0 radical (unpaired) electrons. The summed E-state index contributed by atoms with van der Waals surface area (Å²) in [6.45, 7) is 0.956. The second kappa shape index (κ2) is 7.06. The summed E-state index contributed by atoms with van der Waals surface area (Å²) in [5.74, 6) is -0.0188. The number of rotatable bonds is 6. The second-order valence-electron chi connectivity index (χ2n) is 5.37. The van der Waals surface area contributed by atoms with Gasteiger partial charge in [-0.15, -0.1) is 0 Å². The Labute approximate surface area is 120 Å². The summed E-state index contributed by atoms with van der Waals surface area (Å²) in [4.78, 5) is 14.2. The molecule has 0 spiro atoms. The first-order chi connectivity index (χ1) is 9.70. The Morgan fingerprint density at radius 2 is 2.20 bits per heavy atom. The lowest BCUT2D eigenvalue weighted by atomic mass is 9.92. The Kier molecular flexibility index (Phi) is 5.14. The van der Waals surface area contributed by atoms with E-state index in [2.05, 4.69) is 23.3 Å². The summed E-state index contributed by atoms with van der Waals surface area (Å²) in [6, 6.07) is 9.89. The van der Waals surface area contributed by atoms with Crippen molar-refractivity contribution in [3.63, 3.8) is 0 Å². The molecule has 20 heavy (non-hydrogen) atoms. The number of carbonyl (C=O) groups is 1. The number of amides is 1. The van der Waals surface area contributed by atoms with Crippen LogP contribution in [0.5, 0.6) is 0 Å². The van der Waals surface area contributed by atoms with Crippen LogP contribution in [0.15, 0.2) is 24.3 Å². The number of anilines is 1. The maximum atomic E-state index is 11.9. The second-order valence-corrected chi connectivity index (χ2v) is 5.37. The van der Waals surface area contributed by atoms with Gasteiger partial charge in [0.25, 0.3) is 0 Å². The van der Waals surface area contributed by atoms with Crippen LogP contribution in [0.1, 0.15) is 37.7 Å². The van der Waals surface area contributed by atoms with Gasteiger partial charge in [-0.3, -0.25) is 4.79 Å². The molecular weight excluding hydrogens is 250 g/mol. The van der Waals surface area contributed by atoms with E-state index in [1.807, 2.05) is 6.07 Å². The smallest absolute Gasteiger partial charge is 0.224 e. The van der Waals surface area contributed by atoms with Gasteiger partial charge in [0.15, 0.2) is 0 Å². The number of benzene rings is 1. The van der Waals surface area contributed by atoms with Crippen molar-refractivity contribution >= 4 is 11.6 Å². The number of hydrogen-bond acceptors (Lipinski definition) is 3. The van der Waals surface area contributed by atoms with E-state index in [1.165, 1.54) is 19.3 Å². The van der Waals surface area contributed by atoms with Gasteiger partial charge in [0.2, 0.25) is 5.91 Å². The van der Waals surface area contributed by atoms with Crippen LogP contribution in [0.2, 0.25) is 0 Å². The highest BCUT2D eigenvalue weighted by Gasteiger charge is 2.21. The monoisotopic (exact) mass is 271 g/mol. The van der Waals surface area contributed by atoms with Crippen molar-refractivity contribution in [2.24, 2.45) is 0 Å². The van der Waals surface area contributed by atoms with E-state index in [0.29, 0.717) is 17.7 Å². The standard InChI is InChI=1S/C16H21N3O/c1-19(14-7-4-8-14)11-5-10-16(20)18-15-9-3-2-6-13(15)12-17/h2-3,6,9,14H,4-5,7-8,10-11H2,1H3,(H,18,20). The normalized spacial score (nSPS) is 14.7. The largest absolute Gasteiger partial charge is 0.325 e. The van der Waals surface area contributed by atoms with Crippen LogP contribution in [-0.4, -0.2) is 30.4 Å². The van der Waals surface area contributed by atoms with E-state index in [4.69, 9.17) is 5.26 Å².